The molecule has 0 amide bonds. The van der Waals surface area contributed by atoms with Gasteiger partial charge in [-0.2, -0.15) is 0 Å². The summed E-state index contributed by atoms with van der Waals surface area (Å²) >= 11 is 0. The van der Waals surface area contributed by atoms with Crippen LogP contribution in [-0.2, 0) is 0 Å². The molecule has 0 aromatic heterocycles. The molecule has 5 N–H and O–H groups in total. The van der Waals surface area contributed by atoms with Gasteiger partial charge in [-0.25, -0.2) is 0 Å². The largest absolute Gasteiger partial charge is 0.494 e. The van der Waals surface area contributed by atoms with Crippen LogP contribution in [0.2, 0.25) is 0 Å². The van der Waals surface area contributed by atoms with Crippen molar-refractivity contribution in [1.29, 1.82) is 0 Å². The summed E-state index contributed by atoms with van der Waals surface area (Å²) in [5, 5.41) is 17.4. The van der Waals surface area contributed by atoms with Gasteiger partial charge in [0.1, 0.15) is 5.69 Å². The molecule has 0 saturated carbocycles. The Bertz CT molecular complexity index is 227. The molecule has 0 bridgehead atoms. The Balaban J connectivity index is 3.03. The van der Waals surface area contributed by atoms with Crippen molar-refractivity contribution in [2.24, 2.45) is 0 Å². The molecule has 10 heavy (non-hydrogen) atoms. The van der Waals surface area contributed by atoms with Crippen LogP contribution in [0.1, 0.15) is 0 Å². The normalized spacial score (nSPS) is 9.50. The zero-order chi connectivity index (χ0) is 7.56. The van der Waals surface area contributed by atoms with Gasteiger partial charge >= 0.3 is 7.12 Å². The Morgan fingerprint density at radius 3 is 2.20 bits per heavy atom. The summed E-state index contributed by atoms with van der Waals surface area (Å²) in [6.07, 6.45) is 0. The third-order valence-electron chi connectivity index (χ3n) is 1.33. The third-order valence-corrected chi connectivity index (χ3v) is 1.33. The number of rotatable bonds is 1. The Morgan fingerprint density at radius 1 is 1.20 bits per heavy atom. The first-order valence-electron chi connectivity index (χ1n) is 2.99. The highest BCUT2D eigenvalue weighted by atomic mass is 16.4. The summed E-state index contributed by atoms with van der Waals surface area (Å²) in [6, 6.07) is 6.90. The van der Waals surface area contributed by atoms with Crippen LogP contribution in [0.25, 0.3) is 0 Å². The summed E-state index contributed by atoms with van der Waals surface area (Å²) < 4.78 is 0. The maximum Gasteiger partial charge on any atom is 0.494 e. The minimum atomic E-state index is -1.41. The maximum atomic E-state index is 8.72. The van der Waals surface area contributed by atoms with E-state index in [0.717, 1.165) is 0 Å². The molecule has 4 heteroatoms. The average molecular weight is 138 g/mol. The summed E-state index contributed by atoms with van der Waals surface area (Å²) in [7, 11) is -1.41. The lowest BCUT2D eigenvalue weighted by Crippen LogP contribution is -2.49. The smallest absolute Gasteiger partial charge is 0.423 e. The fourth-order valence-corrected chi connectivity index (χ4v) is 0.786. The molecule has 0 heterocycles. The van der Waals surface area contributed by atoms with E-state index < -0.39 is 7.12 Å². The molecule has 0 spiro atoms. The highest BCUT2D eigenvalue weighted by Crippen LogP contribution is 1.93. The van der Waals surface area contributed by atoms with Crippen LogP contribution < -0.4 is 11.2 Å². The highest BCUT2D eigenvalue weighted by Gasteiger charge is 2.14. The lowest BCUT2D eigenvalue weighted by molar-refractivity contribution is -0.253. The molecule has 0 aliphatic carbocycles. The van der Waals surface area contributed by atoms with E-state index >= 15 is 0 Å². The zero-order valence-corrected chi connectivity index (χ0v) is 5.49. The maximum absolute atomic E-state index is 8.72. The molecule has 0 unspecified atom stereocenters. The standard InChI is InChI=1S/C6H8BNO2/c8-6-4-2-1-3-5(6)7(9)10/h1-4,9-10H,8H2/p+1. The lowest BCUT2D eigenvalue weighted by Gasteiger charge is -1.97. The van der Waals surface area contributed by atoms with Crippen molar-refractivity contribution in [2.45, 2.75) is 0 Å². The third kappa shape index (κ3) is 1.36. The van der Waals surface area contributed by atoms with E-state index in [2.05, 4.69) is 5.73 Å². The van der Waals surface area contributed by atoms with Gasteiger partial charge in [0.25, 0.3) is 0 Å². The molecular weight excluding hydrogens is 129 g/mol. The molecule has 0 saturated heterocycles. The summed E-state index contributed by atoms with van der Waals surface area (Å²) in [5.74, 6) is 0. The van der Waals surface area contributed by atoms with E-state index in [1.54, 1.807) is 24.3 Å². The molecule has 1 rings (SSSR count). The molecular formula is C6H9BNO2+. The Kier molecular flexibility index (Phi) is 2.06. The van der Waals surface area contributed by atoms with E-state index in [9.17, 15) is 0 Å². The van der Waals surface area contributed by atoms with Crippen molar-refractivity contribution in [3.63, 3.8) is 0 Å². The lowest BCUT2D eigenvalue weighted by atomic mass is 9.79. The van der Waals surface area contributed by atoms with Gasteiger partial charge in [-0.1, -0.05) is 18.2 Å². The van der Waals surface area contributed by atoms with Crippen molar-refractivity contribution >= 4 is 18.3 Å². The van der Waals surface area contributed by atoms with Gasteiger partial charge in [0.15, 0.2) is 0 Å². The minimum absolute atomic E-state index is 0.461. The van der Waals surface area contributed by atoms with Crippen molar-refractivity contribution in [2.75, 3.05) is 0 Å². The minimum Gasteiger partial charge on any atom is -0.423 e. The van der Waals surface area contributed by atoms with Crippen molar-refractivity contribution in [3.8, 4) is 0 Å². The van der Waals surface area contributed by atoms with Gasteiger partial charge in [0, 0.05) is 5.46 Å². The van der Waals surface area contributed by atoms with E-state index in [0.29, 0.717) is 11.2 Å². The van der Waals surface area contributed by atoms with Crippen molar-refractivity contribution in [3.05, 3.63) is 24.3 Å². The van der Waals surface area contributed by atoms with Gasteiger partial charge in [-0.3, -0.25) is 0 Å². The fourth-order valence-electron chi connectivity index (χ4n) is 0.786. The number of hydrogen-bond acceptors (Lipinski definition) is 2. The molecule has 0 atom stereocenters. The van der Waals surface area contributed by atoms with Gasteiger partial charge in [-0.15, -0.1) is 0 Å². The van der Waals surface area contributed by atoms with Gasteiger partial charge in [-0.05, 0) is 6.07 Å². The van der Waals surface area contributed by atoms with Gasteiger partial charge < -0.3 is 15.8 Å². The molecule has 0 aliphatic rings. The number of benzene rings is 1. The van der Waals surface area contributed by atoms with Crippen molar-refractivity contribution < 1.29 is 15.8 Å². The topological polar surface area (TPSA) is 68.1 Å². The van der Waals surface area contributed by atoms with Gasteiger partial charge in [0.05, 0.1) is 0 Å². The second kappa shape index (κ2) is 2.83. The Labute approximate surface area is 59.3 Å². The van der Waals surface area contributed by atoms with E-state index in [1.807, 2.05) is 0 Å². The molecule has 1 aromatic carbocycles. The van der Waals surface area contributed by atoms with Crippen LogP contribution in [0, 0.1) is 0 Å². The van der Waals surface area contributed by atoms with E-state index in [1.165, 1.54) is 0 Å². The quantitative estimate of drug-likeness (QED) is 0.402. The first-order chi connectivity index (χ1) is 4.72. The number of hydrogen-bond donors (Lipinski definition) is 3. The first kappa shape index (κ1) is 7.27. The zero-order valence-electron chi connectivity index (χ0n) is 5.49. The summed E-state index contributed by atoms with van der Waals surface area (Å²) in [6.45, 7) is 0. The van der Waals surface area contributed by atoms with Crippen LogP contribution in [0.3, 0.4) is 0 Å². The van der Waals surface area contributed by atoms with Crippen molar-refractivity contribution in [1.82, 2.24) is 0 Å². The van der Waals surface area contributed by atoms with Gasteiger partial charge in [0.2, 0.25) is 0 Å². The molecule has 0 fully saturated rings. The highest BCUT2D eigenvalue weighted by molar-refractivity contribution is 6.60. The monoisotopic (exact) mass is 138 g/mol. The fraction of sp³-hybridized carbons (Fsp3) is 0. The predicted molar refractivity (Wildman–Crippen MR) is 38.8 cm³/mol. The summed E-state index contributed by atoms with van der Waals surface area (Å²) in [5.41, 5.74) is 4.73. The van der Waals surface area contributed by atoms with Crippen LogP contribution in [-0.4, -0.2) is 17.2 Å². The van der Waals surface area contributed by atoms with E-state index in [4.69, 9.17) is 10.0 Å². The van der Waals surface area contributed by atoms with Crippen LogP contribution in [0.5, 0.6) is 0 Å². The SMILES string of the molecule is [NH3+]c1ccccc1B(O)O. The van der Waals surface area contributed by atoms with Crippen LogP contribution in [0.15, 0.2) is 24.3 Å². The Morgan fingerprint density at radius 2 is 1.80 bits per heavy atom. The van der Waals surface area contributed by atoms with E-state index in [-0.39, 0.29) is 0 Å². The Hall–Kier alpha value is -0.835. The molecule has 0 aliphatic heterocycles. The molecule has 0 radical (unpaired) electrons. The van der Waals surface area contributed by atoms with Crippen LogP contribution in [0.4, 0.5) is 5.69 Å². The average Bonchev–Trinajstić information content (AvgIpc) is 1.88. The molecule has 1 aromatic rings. The second-order valence-electron chi connectivity index (χ2n) is 2.07. The predicted octanol–water partition coefficient (Wildman–Crippen LogP) is -1.76. The molecule has 3 nitrogen and oxygen atoms in total. The first-order valence-corrected chi connectivity index (χ1v) is 2.99. The molecule has 52 valence electrons. The second-order valence-corrected chi connectivity index (χ2v) is 2.07. The summed E-state index contributed by atoms with van der Waals surface area (Å²) in [4.78, 5) is 0. The number of quaternary nitrogens is 1. The van der Waals surface area contributed by atoms with Crippen LogP contribution >= 0.6 is 0 Å².